The molecule has 162 valence electrons. The van der Waals surface area contributed by atoms with Crippen LogP contribution in [-0.2, 0) is 14.4 Å². The number of halogens is 3. The molecule has 3 fully saturated rings. The van der Waals surface area contributed by atoms with E-state index in [0.29, 0.717) is 16.7 Å². The van der Waals surface area contributed by atoms with Gasteiger partial charge >= 0.3 is 12.1 Å². The molecule has 6 nitrogen and oxygen atoms in total. The highest BCUT2D eigenvalue weighted by Gasteiger charge is 2.67. The maximum absolute atomic E-state index is 13.3. The maximum Gasteiger partial charge on any atom is 0.471 e. The van der Waals surface area contributed by atoms with Crippen LogP contribution < -0.4 is 4.90 Å². The van der Waals surface area contributed by atoms with Crippen LogP contribution in [0.2, 0.25) is 0 Å². The molecular weight excluding hydrogens is 413 g/mol. The highest BCUT2D eigenvalue weighted by Crippen LogP contribution is 2.65. The Labute approximate surface area is 175 Å². The predicted molar refractivity (Wildman–Crippen MR) is 101 cm³/mol. The molecule has 0 unspecified atom stereocenters. The number of amides is 3. The molecule has 0 spiro atoms. The number of carbonyl (C=O) groups excluding carboxylic acids is 4. The minimum atomic E-state index is -5.22. The smallest absolute Gasteiger partial charge is 0.295 e. The lowest BCUT2D eigenvalue weighted by Crippen LogP contribution is -2.49. The average Bonchev–Trinajstić information content (AvgIpc) is 3.51. The van der Waals surface area contributed by atoms with E-state index in [2.05, 4.69) is 0 Å². The van der Waals surface area contributed by atoms with Crippen LogP contribution in [0, 0.1) is 35.5 Å². The fourth-order valence-electron chi connectivity index (χ4n) is 5.61. The van der Waals surface area contributed by atoms with E-state index in [1.54, 1.807) is 0 Å². The largest absolute Gasteiger partial charge is 0.471 e. The summed E-state index contributed by atoms with van der Waals surface area (Å²) < 4.78 is 40.0. The van der Waals surface area contributed by atoms with Crippen molar-refractivity contribution in [1.29, 1.82) is 0 Å². The molecule has 6 atom stereocenters. The Morgan fingerprint density at radius 1 is 1.06 bits per heavy atom. The number of carbonyl (C=O) groups is 4. The third-order valence-electron chi connectivity index (χ3n) is 7.09. The molecule has 1 aromatic carbocycles. The third kappa shape index (κ3) is 2.93. The number of imide groups is 1. The van der Waals surface area contributed by atoms with Crippen molar-refractivity contribution >= 4 is 29.2 Å². The number of anilines is 1. The molecule has 0 radical (unpaired) electrons. The van der Waals surface area contributed by atoms with Gasteiger partial charge in [0.05, 0.1) is 11.8 Å². The summed E-state index contributed by atoms with van der Waals surface area (Å²) in [6.45, 7) is 0.417. The number of likely N-dealkylation sites (tertiary alicyclic amines) is 1. The first-order valence-electron chi connectivity index (χ1n) is 10.1. The normalized spacial score (nSPS) is 32.7. The second-order valence-electron chi connectivity index (χ2n) is 8.74. The summed E-state index contributed by atoms with van der Waals surface area (Å²) >= 11 is 0. The van der Waals surface area contributed by atoms with Crippen molar-refractivity contribution in [3.8, 4) is 0 Å². The van der Waals surface area contributed by atoms with Crippen LogP contribution in [0.5, 0.6) is 0 Å². The lowest BCUT2D eigenvalue weighted by Gasteiger charge is -2.37. The zero-order chi connectivity index (χ0) is 22.2. The van der Waals surface area contributed by atoms with Crippen molar-refractivity contribution in [3.05, 3.63) is 42.0 Å². The van der Waals surface area contributed by atoms with Gasteiger partial charge in [0.2, 0.25) is 11.8 Å². The molecule has 2 bridgehead atoms. The Morgan fingerprint density at radius 3 is 2.16 bits per heavy atom. The van der Waals surface area contributed by atoms with Crippen molar-refractivity contribution in [1.82, 2.24) is 4.90 Å². The Balaban J connectivity index is 1.48. The first-order valence-corrected chi connectivity index (χ1v) is 10.1. The van der Waals surface area contributed by atoms with Crippen molar-refractivity contribution in [2.45, 2.75) is 19.5 Å². The van der Waals surface area contributed by atoms with E-state index in [1.807, 2.05) is 12.2 Å². The topological polar surface area (TPSA) is 74.8 Å². The second kappa shape index (κ2) is 6.51. The van der Waals surface area contributed by atoms with E-state index in [0.717, 1.165) is 17.4 Å². The number of alkyl halides is 3. The monoisotopic (exact) mass is 432 g/mol. The van der Waals surface area contributed by atoms with Crippen LogP contribution in [0.15, 0.2) is 36.4 Å². The molecule has 3 amide bonds. The van der Waals surface area contributed by atoms with E-state index < -0.39 is 42.4 Å². The van der Waals surface area contributed by atoms with Gasteiger partial charge in [0, 0.05) is 11.3 Å². The summed E-state index contributed by atoms with van der Waals surface area (Å²) in [5.74, 6) is -4.22. The molecule has 4 aliphatic carbocycles. The quantitative estimate of drug-likeness (QED) is 0.417. The van der Waals surface area contributed by atoms with Gasteiger partial charge in [-0.3, -0.25) is 29.0 Å². The van der Waals surface area contributed by atoms with E-state index >= 15 is 0 Å². The van der Waals surface area contributed by atoms with E-state index in [9.17, 15) is 32.3 Å². The summed E-state index contributed by atoms with van der Waals surface area (Å²) in [6, 6.07) is 5.17. The Hall–Kier alpha value is -2.97. The van der Waals surface area contributed by atoms with Gasteiger partial charge < -0.3 is 0 Å². The molecule has 1 aromatic rings. The number of rotatable bonds is 4. The Morgan fingerprint density at radius 2 is 1.65 bits per heavy atom. The molecule has 2 saturated carbocycles. The minimum absolute atomic E-state index is 0.0748. The van der Waals surface area contributed by atoms with Gasteiger partial charge in [-0.05, 0) is 49.1 Å². The average molecular weight is 432 g/mol. The van der Waals surface area contributed by atoms with Crippen LogP contribution in [0.3, 0.4) is 0 Å². The van der Waals surface area contributed by atoms with E-state index in [-0.39, 0.29) is 28.9 Å². The van der Waals surface area contributed by atoms with Crippen molar-refractivity contribution in [2.24, 2.45) is 35.5 Å². The Bertz CT molecular complexity index is 1010. The summed E-state index contributed by atoms with van der Waals surface area (Å²) in [6.07, 6.45) is -0.327. The van der Waals surface area contributed by atoms with Crippen LogP contribution in [0.4, 0.5) is 18.9 Å². The molecule has 5 aliphatic rings. The van der Waals surface area contributed by atoms with E-state index in [1.165, 1.54) is 25.1 Å². The van der Waals surface area contributed by atoms with Crippen LogP contribution in [0.25, 0.3) is 0 Å². The minimum Gasteiger partial charge on any atom is -0.295 e. The first-order chi connectivity index (χ1) is 14.6. The molecule has 0 aromatic heterocycles. The van der Waals surface area contributed by atoms with Crippen molar-refractivity contribution in [2.75, 3.05) is 11.6 Å². The lowest BCUT2D eigenvalue weighted by atomic mass is 9.63. The molecule has 1 aliphatic heterocycles. The van der Waals surface area contributed by atoms with Gasteiger partial charge in [-0.25, -0.2) is 0 Å². The standard InChI is InChI=1S/C22H19F3N2O4/c1-10(28)11-3-2-4-12(7-11)26(21(31)22(23,24)25)9-27-19(29)17-13-5-6-14(16-8-15(13)16)18(17)20(27)30/h2-7,13-18H,8-9H2,1H3/t13-,14-,15-,16+,17-,18+/m0/s1. The van der Waals surface area contributed by atoms with Gasteiger partial charge in [-0.2, -0.15) is 13.2 Å². The number of hydrogen-bond acceptors (Lipinski definition) is 4. The summed E-state index contributed by atoms with van der Waals surface area (Å²) in [7, 11) is 0. The number of hydrogen-bond donors (Lipinski definition) is 0. The molecule has 0 N–H and O–H groups in total. The predicted octanol–water partition coefficient (Wildman–Crippen LogP) is 2.80. The Kier molecular flexibility index (Phi) is 4.19. The highest BCUT2D eigenvalue weighted by molar-refractivity contribution is 6.08. The van der Waals surface area contributed by atoms with Gasteiger partial charge in [-0.1, -0.05) is 24.3 Å². The maximum atomic E-state index is 13.3. The van der Waals surface area contributed by atoms with Gasteiger partial charge in [0.15, 0.2) is 5.78 Å². The van der Waals surface area contributed by atoms with Crippen LogP contribution >= 0.6 is 0 Å². The number of Topliss-reactive ketones (excluding diaryl/α,β-unsaturated/α-hetero) is 1. The number of allylic oxidation sites excluding steroid dienone is 2. The van der Waals surface area contributed by atoms with Crippen molar-refractivity contribution in [3.63, 3.8) is 0 Å². The zero-order valence-electron chi connectivity index (χ0n) is 16.5. The van der Waals surface area contributed by atoms with Gasteiger partial charge in [0.25, 0.3) is 0 Å². The zero-order valence-corrected chi connectivity index (χ0v) is 16.5. The molecule has 1 saturated heterocycles. The fraction of sp³-hybridized carbons (Fsp3) is 0.455. The fourth-order valence-corrected chi connectivity index (χ4v) is 5.61. The third-order valence-corrected chi connectivity index (χ3v) is 7.09. The summed E-state index contributed by atoms with van der Waals surface area (Å²) in [4.78, 5) is 51.3. The molecular formula is C22H19F3N2O4. The van der Waals surface area contributed by atoms with Crippen LogP contribution in [-0.4, -0.2) is 41.2 Å². The SMILES string of the molecule is CC(=O)c1cccc(N(CN2C(=O)[C@@H]3[C@H]4C=C[C@@H]([C@@H]5C[C@H]45)[C@@H]3C2=O)C(=O)C(F)(F)F)c1. The first kappa shape index (κ1) is 20.0. The van der Waals surface area contributed by atoms with Gasteiger partial charge in [-0.15, -0.1) is 0 Å². The molecule has 31 heavy (non-hydrogen) atoms. The molecule has 6 rings (SSSR count). The second-order valence-corrected chi connectivity index (χ2v) is 8.74. The summed E-state index contributed by atoms with van der Waals surface area (Å²) in [5.41, 5.74) is -0.0815. The van der Waals surface area contributed by atoms with E-state index in [4.69, 9.17) is 0 Å². The van der Waals surface area contributed by atoms with Crippen molar-refractivity contribution < 1.29 is 32.3 Å². The highest BCUT2D eigenvalue weighted by atomic mass is 19.4. The molecule has 1 heterocycles. The lowest BCUT2D eigenvalue weighted by molar-refractivity contribution is -0.171. The number of nitrogens with zero attached hydrogens (tertiary/aromatic N) is 2. The molecule has 9 heteroatoms. The summed E-state index contributed by atoms with van der Waals surface area (Å²) in [5, 5.41) is 0. The van der Waals surface area contributed by atoms with Crippen LogP contribution in [0.1, 0.15) is 23.7 Å². The number of ketones is 1. The van der Waals surface area contributed by atoms with Gasteiger partial charge in [0.1, 0.15) is 6.67 Å². The number of benzene rings is 1.